The largest absolute Gasteiger partial charge is 0.388 e. The van der Waals surface area contributed by atoms with Gasteiger partial charge in [0.1, 0.15) is 24.5 Å². The highest BCUT2D eigenvalue weighted by Crippen LogP contribution is 2.11. The SMILES string of the molecule is NC1OC[C@H](O)[C@@H](O)[C@H]1O. The molecule has 5 heteroatoms. The summed E-state index contributed by atoms with van der Waals surface area (Å²) >= 11 is 0. The van der Waals surface area contributed by atoms with Crippen LogP contribution in [-0.4, -0.2) is 46.5 Å². The Bertz CT molecular complexity index is 106. The van der Waals surface area contributed by atoms with E-state index in [1.54, 1.807) is 0 Å². The van der Waals surface area contributed by atoms with Gasteiger partial charge in [-0.2, -0.15) is 0 Å². The highest BCUT2D eigenvalue weighted by Gasteiger charge is 2.35. The molecule has 0 aromatic rings. The van der Waals surface area contributed by atoms with Crippen LogP contribution in [0.4, 0.5) is 0 Å². The molecule has 4 atom stereocenters. The van der Waals surface area contributed by atoms with Gasteiger partial charge in [-0.05, 0) is 0 Å². The Morgan fingerprint density at radius 1 is 1.20 bits per heavy atom. The Hall–Kier alpha value is -0.200. The zero-order valence-corrected chi connectivity index (χ0v) is 5.34. The van der Waals surface area contributed by atoms with Gasteiger partial charge < -0.3 is 25.8 Å². The van der Waals surface area contributed by atoms with Crippen LogP contribution in [0.1, 0.15) is 0 Å². The fourth-order valence-corrected chi connectivity index (χ4v) is 0.829. The van der Waals surface area contributed by atoms with Crippen LogP contribution in [0.3, 0.4) is 0 Å². The third-order valence-electron chi connectivity index (χ3n) is 1.54. The fourth-order valence-electron chi connectivity index (χ4n) is 0.829. The Kier molecular flexibility index (Phi) is 2.22. The smallest absolute Gasteiger partial charge is 0.134 e. The first kappa shape index (κ1) is 7.90. The minimum atomic E-state index is -1.19. The van der Waals surface area contributed by atoms with E-state index in [4.69, 9.17) is 25.8 Å². The molecule has 0 aliphatic carbocycles. The monoisotopic (exact) mass is 149 g/mol. The van der Waals surface area contributed by atoms with Crippen molar-refractivity contribution in [3.63, 3.8) is 0 Å². The first-order valence-corrected chi connectivity index (χ1v) is 3.04. The number of hydrogen-bond donors (Lipinski definition) is 4. The fraction of sp³-hybridized carbons (Fsp3) is 1.00. The first-order valence-electron chi connectivity index (χ1n) is 3.04. The molecule has 0 amide bonds. The van der Waals surface area contributed by atoms with Crippen molar-refractivity contribution in [1.82, 2.24) is 0 Å². The number of aliphatic hydroxyl groups excluding tert-OH is 3. The van der Waals surface area contributed by atoms with Gasteiger partial charge in [-0.15, -0.1) is 0 Å². The highest BCUT2D eigenvalue weighted by atomic mass is 16.5. The maximum Gasteiger partial charge on any atom is 0.134 e. The van der Waals surface area contributed by atoms with Gasteiger partial charge in [-0.1, -0.05) is 0 Å². The number of aliphatic hydroxyl groups is 3. The second-order valence-electron chi connectivity index (χ2n) is 2.35. The van der Waals surface area contributed by atoms with E-state index in [9.17, 15) is 0 Å². The molecule has 0 radical (unpaired) electrons. The van der Waals surface area contributed by atoms with Crippen molar-refractivity contribution in [2.75, 3.05) is 6.61 Å². The Balaban J connectivity index is 2.52. The van der Waals surface area contributed by atoms with Gasteiger partial charge in [0.15, 0.2) is 0 Å². The summed E-state index contributed by atoms with van der Waals surface area (Å²) in [5, 5.41) is 26.8. The molecule has 1 unspecified atom stereocenters. The van der Waals surface area contributed by atoms with Crippen LogP contribution in [0.15, 0.2) is 0 Å². The standard InChI is InChI=1S/C5H11NO4/c6-5-4(9)3(8)2(7)1-10-5/h2-5,7-9H,1,6H2/t2-,3+,4+,5?/m0/s1. The maximum absolute atomic E-state index is 8.96. The molecule has 0 aromatic carbocycles. The molecule has 1 aliphatic heterocycles. The molecule has 1 rings (SSSR count). The van der Waals surface area contributed by atoms with Gasteiger partial charge in [0.25, 0.3) is 0 Å². The minimum Gasteiger partial charge on any atom is -0.388 e. The van der Waals surface area contributed by atoms with Crippen LogP contribution < -0.4 is 5.73 Å². The van der Waals surface area contributed by atoms with E-state index in [1.807, 2.05) is 0 Å². The number of rotatable bonds is 0. The predicted octanol–water partition coefficient (Wildman–Crippen LogP) is -2.62. The minimum absolute atomic E-state index is 0.0284. The van der Waals surface area contributed by atoms with Crippen molar-refractivity contribution >= 4 is 0 Å². The van der Waals surface area contributed by atoms with E-state index in [1.165, 1.54) is 0 Å². The summed E-state index contributed by atoms with van der Waals surface area (Å²) in [6.45, 7) is -0.0284. The molecule has 0 saturated carbocycles. The molecule has 5 N–H and O–H groups in total. The van der Waals surface area contributed by atoms with E-state index >= 15 is 0 Å². The Labute approximate surface area is 58.0 Å². The summed E-state index contributed by atoms with van der Waals surface area (Å²) in [5.41, 5.74) is 5.19. The average molecular weight is 149 g/mol. The average Bonchev–Trinajstić information content (AvgIpc) is 1.93. The number of ether oxygens (including phenoxy) is 1. The van der Waals surface area contributed by atoms with Crippen LogP contribution in [0, 0.1) is 0 Å². The van der Waals surface area contributed by atoms with Crippen LogP contribution in [0.5, 0.6) is 0 Å². The van der Waals surface area contributed by atoms with Crippen LogP contribution in [-0.2, 0) is 4.74 Å². The third-order valence-corrected chi connectivity index (χ3v) is 1.54. The molecule has 1 aliphatic rings. The maximum atomic E-state index is 8.96. The third kappa shape index (κ3) is 1.28. The lowest BCUT2D eigenvalue weighted by Gasteiger charge is -2.32. The van der Waals surface area contributed by atoms with E-state index < -0.39 is 24.5 Å². The molecule has 0 bridgehead atoms. The quantitative estimate of drug-likeness (QED) is 0.302. The van der Waals surface area contributed by atoms with Crippen LogP contribution in [0.2, 0.25) is 0 Å². The molecule has 1 fully saturated rings. The van der Waals surface area contributed by atoms with Gasteiger partial charge in [-0.25, -0.2) is 0 Å². The summed E-state index contributed by atoms with van der Waals surface area (Å²) in [6, 6.07) is 0. The van der Waals surface area contributed by atoms with Crippen molar-refractivity contribution in [3.05, 3.63) is 0 Å². The number of nitrogens with two attached hydrogens (primary N) is 1. The normalized spacial score (nSPS) is 49.2. The lowest BCUT2D eigenvalue weighted by atomic mass is 10.1. The first-order chi connectivity index (χ1) is 4.63. The highest BCUT2D eigenvalue weighted by molar-refractivity contribution is 4.83. The van der Waals surface area contributed by atoms with E-state index in [2.05, 4.69) is 0 Å². The van der Waals surface area contributed by atoms with Crippen LogP contribution in [0.25, 0.3) is 0 Å². The van der Waals surface area contributed by atoms with Gasteiger partial charge in [0.05, 0.1) is 6.61 Å². The zero-order valence-electron chi connectivity index (χ0n) is 5.34. The lowest BCUT2D eigenvalue weighted by molar-refractivity contribution is -0.184. The molecule has 0 aromatic heterocycles. The van der Waals surface area contributed by atoms with Crippen molar-refractivity contribution in [2.24, 2.45) is 5.73 Å². The molecular weight excluding hydrogens is 138 g/mol. The summed E-state index contributed by atoms with van der Waals surface area (Å²) < 4.78 is 4.69. The Morgan fingerprint density at radius 3 is 2.30 bits per heavy atom. The molecule has 1 heterocycles. The molecule has 1 saturated heterocycles. The van der Waals surface area contributed by atoms with Crippen molar-refractivity contribution in [2.45, 2.75) is 24.5 Å². The van der Waals surface area contributed by atoms with E-state index in [0.717, 1.165) is 0 Å². The molecular formula is C5H11NO4. The molecule has 0 spiro atoms. The topological polar surface area (TPSA) is 95.9 Å². The number of hydrogen-bond acceptors (Lipinski definition) is 5. The Morgan fingerprint density at radius 2 is 1.80 bits per heavy atom. The van der Waals surface area contributed by atoms with Gasteiger partial charge >= 0.3 is 0 Å². The summed E-state index contributed by atoms with van der Waals surface area (Å²) in [6.07, 6.45) is -4.30. The van der Waals surface area contributed by atoms with Gasteiger partial charge in [-0.3, -0.25) is 0 Å². The molecule has 5 nitrogen and oxygen atoms in total. The predicted molar refractivity (Wildman–Crippen MR) is 31.9 cm³/mol. The van der Waals surface area contributed by atoms with E-state index in [0.29, 0.717) is 0 Å². The summed E-state index contributed by atoms with van der Waals surface area (Å²) in [7, 11) is 0. The van der Waals surface area contributed by atoms with E-state index in [-0.39, 0.29) is 6.61 Å². The summed E-state index contributed by atoms with van der Waals surface area (Å²) in [5.74, 6) is 0. The van der Waals surface area contributed by atoms with Crippen molar-refractivity contribution in [1.29, 1.82) is 0 Å². The van der Waals surface area contributed by atoms with Gasteiger partial charge in [0, 0.05) is 0 Å². The molecule has 10 heavy (non-hydrogen) atoms. The van der Waals surface area contributed by atoms with Gasteiger partial charge in [0.2, 0.25) is 0 Å². The van der Waals surface area contributed by atoms with Crippen LogP contribution >= 0.6 is 0 Å². The molecule has 60 valence electrons. The second-order valence-corrected chi connectivity index (χ2v) is 2.35. The van der Waals surface area contributed by atoms with Crippen molar-refractivity contribution < 1.29 is 20.1 Å². The zero-order chi connectivity index (χ0) is 7.72. The lowest BCUT2D eigenvalue weighted by Crippen LogP contribution is -2.56. The summed E-state index contributed by atoms with van der Waals surface area (Å²) in [4.78, 5) is 0. The second kappa shape index (κ2) is 2.81. The van der Waals surface area contributed by atoms with Crippen molar-refractivity contribution in [3.8, 4) is 0 Å².